The van der Waals surface area contributed by atoms with Crippen molar-refractivity contribution in [3.63, 3.8) is 0 Å². The van der Waals surface area contributed by atoms with Crippen LogP contribution in [0.1, 0.15) is 24.8 Å². The van der Waals surface area contributed by atoms with E-state index < -0.39 is 0 Å². The molecule has 1 saturated carbocycles. The Morgan fingerprint density at radius 1 is 1.07 bits per heavy atom. The fraction of sp³-hybridized carbons (Fsp3) is 0.435. The minimum Gasteiger partial charge on any atom is -0.491 e. The number of nitrogens with one attached hydrogen (secondary N) is 2. The van der Waals surface area contributed by atoms with Gasteiger partial charge in [-0.25, -0.2) is 0 Å². The number of carbonyl (C=O) groups excluding carboxylic acids is 1. The summed E-state index contributed by atoms with van der Waals surface area (Å²) >= 11 is 0. The maximum absolute atomic E-state index is 12.6. The second-order valence-electron chi connectivity index (χ2n) is 7.77. The fourth-order valence-electron chi connectivity index (χ4n) is 4.09. The summed E-state index contributed by atoms with van der Waals surface area (Å²) in [5.74, 6) is 1.18. The highest BCUT2D eigenvalue weighted by Crippen LogP contribution is 2.58. The van der Waals surface area contributed by atoms with Crippen LogP contribution in [0.4, 0.5) is 5.69 Å². The first-order valence-electron chi connectivity index (χ1n) is 10.1. The van der Waals surface area contributed by atoms with Gasteiger partial charge < -0.3 is 20.1 Å². The first-order chi connectivity index (χ1) is 13.8. The Morgan fingerprint density at radius 3 is 2.66 bits per heavy atom. The maximum atomic E-state index is 12.6. The fourth-order valence-corrected chi connectivity index (χ4v) is 4.09. The largest absolute Gasteiger partial charge is 0.491 e. The van der Waals surface area contributed by atoms with Crippen LogP contribution in [-0.2, 0) is 16.1 Å². The lowest BCUT2D eigenvalue weighted by molar-refractivity contribution is -0.118. The quantitative estimate of drug-likeness (QED) is 0.638. The summed E-state index contributed by atoms with van der Waals surface area (Å²) in [6, 6.07) is 17.6. The Hall–Kier alpha value is -2.08. The lowest BCUT2D eigenvalue weighted by Gasteiger charge is -2.23. The van der Waals surface area contributed by atoms with Crippen molar-refractivity contribution in [2.75, 3.05) is 31.6 Å². The molecular weight excluding hydrogens is 388 g/mol. The van der Waals surface area contributed by atoms with Gasteiger partial charge in [0.05, 0.1) is 13.2 Å². The molecule has 1 atom stereocenters. The minimum absolute atomic E-state index is 0. The van der Waals surface area contributed by atoms with Crippen LogP contribution in [-0.4, -0.2) is 32.2 Å². The number of halogens is 1. The number of anilines is 1. The molecule has 2 aromatic rings. The molecule has 2 aromatic carbocycles. The topological polar surface area (TPSA) is 59.6 Å². The zero-order valence-corrected chi connectivity index (χ0v) is 17.4. The summed E-state index contributed by atoms with van der Waals surface area (Å²) in [5, 5.41) is 6.48. The van der Waals surface area contributed by atoms with Crippen LogP contribution >= 0.6 is 12.4 Å². The first-order valence-corrected chi connectivity index (χ1v) is 10.1. The minimum atomic E-state index is 0. The Labute approximate surface area is 178 Å². The van der Waals surface area contributed by atoms with Gasteiger partial charge in [-0.15, -0.1) is 12.4 Å². The predicted molar refractivity (Wildman–Crippen MR) is 117 cm³/mol. The van der Waals surface area contributed by atoms with E-state index in [9.17, 15) is 4.79 Å². The molecule has 5 nitrogen and oxygen atoms in total. The number of carbonyl (C=O) groups is 1. The normalized spacial score (nSPS) is 19.2. The summed E-state index contributed by atoms with van der Waals surface area (Å²) in [7, 11) is 0. The van der Waals surface area contributed by atoms with Gasteiger partial charge in [0.2, 0.25) is 5.91 Å². The number of ether oxygens (including phenoxy) is 2. The van der Waals surface area contributed by atoms with E-state index >= 15 is 0 Å². The van der Waals surface area contributed by atoms with E-state index in [1.54, 1.807) is 0 Å². The number of rotatable bonds is 8. The second kappa shape index (κ2) is 10.1. The third kappa shape index (κ3) is 5.72. The van der Waals surface area contributed by atoms with Crippen LogP contribution in [0.5, 0.6) is 5.75 Å². The first kappa shape index (κ1) is 21.6. The van der Waals surface area contributed by atoms with E-state index in [0.29, 0.717) is 19.8 Å². The highest BCUT2D eigenvalue weighted by molar-refractivity contribution is 5.95. The Bertz CT molecular complexity index is 794. The number of benzene rings is 2. The molecule has 1 spiro atoms. The van der Waals surface area contributed by atoms with Crippen LogP contribution in [0.25, 0.3) is 0 Å². The molecule has 2 fully saturated rings. The Kier molecular flexibility index (Phi) is 7.53. The number of amides is 1. The Balaban J connectivity index is 0.00000240. The van der Waals surface area contributed by atoms with Gasteiger partial charge in [0.1, 0.15) is 12.4 Å². The summed E-state index contributed by atoms with van der Waals surface area (Å²) in [6.45, 7) is 3.60. The van der Waals surface area contributed by atoms with Crippen molar-refractivity contribution in [1.29, 1.82) is 0 Å². The average molecular weight is 417 g/mol. The Morgan fingerprint density at radius 2 is 1.86 bits per heavy atom. The molecule has 0 aromatic heterocycles. The van der Waals surface area contributed by atoms with Gasteiger partial charge >= 0.3 is 0 Å². The van der Waals surface area contributed by atoms with Crippen LogP contribution in [0.2, 0.25) is 0 Å². The molecule has 1 saturated heterocycles. The highest BCUT2D eigenvalue weighted by atomic mass is 35.5. The van der Waals surface area contributed by atoms with Gasteiger partial charge in [-0.1, -0.05) is 30.3 Å². The number of piperidine rings is 1. The third-order valence-electron chi connectivity index (χ3n) is 5.81. The van der Waals surface area contributed by atoms with Crippen LogP contribution in [0, 0.1) is 11.3 Å². The maximum Gasteiger partial charge on any atom is 0.228 e. The van der Waals surface area contributed by atoms with Gasteiger partial charge in [-0.05, 0) is 67.6 Å². The molecule has 0 radical (unpaired) electrons. The average Bonchev–Trinajstić information content (AvgIpc) is 3.42. The molecule has 156 valence electrons. The summed E-state index contributed by atoms with van der Waals surface area (Å²) < 4.78 is 11.3. The number of hydrogen-bond donors (Lipinski definition) is 2. The summed E-state index contributed by atoms with van der Waals surface area (Å²) in [4.78, 5) is 12.6. The molecule has 1 unspecified atom stereocenters. The van der Waals surface area contributed by atoms with Gasteiger partial charge in [0.15, 0.2) is 0 Å². The van der Waals surface area contributed by atoms with Crippen LogP contribution in [0.15, 0.2) is 54.6 Å². The lowest BCUT2D eigenvalue weighted by atomic mass is 9.92. The van der Waals surface area contributed by atoms with E-state index in [1.165, 1.54) is 0 Å². The predicted octanol–water partition coefficient (Wildman–Crippen LogP) is 4.03. The van der Waals surface area contributed by atoms with Crippen molar-refractivity contribution in [2.45, 2.75) is 25.9 Å². The van der Waals surface area contributed by atoms with Crippen molar-refractivity contribution >= 4 is 24.0 Å². The smallest absolute Gasteiger partial charge is 0.228 e. The van der Waals surface area contributed by atoms with Crippen molar-refractivity contribution in [2.24, 2.45) is 11.3 Å². The van der Waals surface area contributed by atoms with Gasteiger partial charge in [0, 0.05) is 11.6 Å². The van der Waals surface area contributed by atoms with E-state index in [1.807, 2.05) is 54.6 Å². The molecule has 1 aliphatic carbocycles. The molecule has 2 aliphatic rings. The van der Waals surface area contributed by atoms with Gasteiger partial charge in [-0.3, -0.25) is 4.79 Å². The van der Waals surface area contributed by atoms with E-state index in [0.717, 1.165) is 49.4 Å². The summed E-state index contributed by atoms with van der Waals surface area (Å²) in [6.07, 6.45) is 3.26. The van der Waals surface area contributed by atoms with E-state index in [2.05, 4.69) is 10.6 Å². The van der Waals surface area contributed by atoms with Crippen molar-refractivity contribution in [3.05, 3.63) is 60.2 Å². The summed E-state index contributed by atoms with van der Waals surface area (Å²) in [5.41, 5.74) is 2.15. The zero-order valence-electron chi connectivity index (χ0n) is 16.6. The standard InChI is InChI=1S/C23H28N2O3.ClH/c26-22(21-16-23(21)9-11-24-12-10-23)25-19-6-4-5-18(15-19)17-27-13-14-28-20-7-2-1-3-8-20;/h1-8,15,21,24H,9-14,16-17H2,(H,25,26);1H. The van der Waals surface area contributed by atoms with Crippen molar-refractivity contribution < 1.29 is 14.3 Å². The van der Waals surface area contributed by atoms with Gasteiger partial charge in [0.25, 0.3) is 0 Å². The van der Waals surface area contributed by atoms with Crippen LogP contribution in [0.3, 0.4) is 0 Å². The highest BCUT2D eigenvalue weighted by Gasteiger charge is 2.57. The molecule has 1 aliphatic heterocycles. The van der Waals surface area contributed by atoms with Crippen LogP contribution < -0.4 is 15.4 Å². The molecule has 29 heavy (non-hydrogen) atoms. The van der Waals surface area contributed by atoms with Crippen molar-refractivity contribution in [1.82, 2.24) is 5.32 Å². The van der Waals surface area contributed by atoms with E-state index in [4.69, 9.17) is 9.47 Å². The third-order valence-corrected chi connectivity index (χ3v) is 5.81. The molecular formula is C23H29ClN2O3. The SMILES string of the molecule is Cl.O=C(Nc1cccc(COCCOc2ccccc2)c1)C1CC12CCNCC2. The molecule has 6 heteroatoms. The molecule has 1 heterocycles. The van der Waals surface area contributed by atoms with Gasteiger partial charge in [-0.2, -0.15) is 0 Å². The second-order valence-corrected chi connectivity index (χ2v) is 7.77. The molecule has 1 amide bonds. The van der Waals surface area contributed by atoms with E-state index in [-0.39, 0.29) is 29.6 Å². The lowest BCUT2D eigenvalue weighted by Crippen LogP contribution is -2.31. The number of hydrogen-bond acceptors (Lipinski definition) is 4. The van der Waals surface area contributed by atoms with Crippen molar-refractivity contribution in [3.8, 4) is 5.75 Å². The zero-order chi connectivity index (χ0) is 19.2. The number of para-hydroxylation sites is 1. The monoisotopic (exact) mass is 416 g/mol. The molecule has 4 rings (SSSR count). The molecule has 0 bridgehead atoms. The molecule has 2 N–H and O–H groups in total.